The lowest BCUT2D eigenvalue weighted by molar-refractivity contribution is 0.340. The molecule has 1 aromatic heterocycles. The fourth-order valence-corrected chi connectivity index (χ4v) is 2.57. The van der Waals surface area contributed by atoms with Gasteiger partial charge in [-0.3, -0.25) is 0 Å². The molecule has 0 aliphatic rings. The Balaban J connectivity index is 2.02. The average molecular weight is 338 g/mol. The molecule has 24 heavy (non-hydrogen) atoms. The summed E-state index contributed by atoms with van der Waals surface area (Å²) in [5, 5.41) is 11.6. The van der Waals surface area contributed by atoms with Crippen molar-refractivity contribution in [3.63, 3.8) is 0 Å². The van der Waals surface area contributed by atoms with E-state index in [9.17, 15) is 0 Å². The molecule has 3 aromatic rings. The van der Waals surface area contributed by atoms with E-state index in [1.807, 2.05) is 62.4 Å². The van der Waals surface area contributed by atoms with E-state index in [0.29, 0.717) is 17.2 Å². The SMILES string of the molecule is CCOc1ccccc1/C=N/n1c(-c2ccccc2C)n[nH]c1=S. The lowest BCUT2D eigenvalue weighted by atomic mass is 10.1. The smallest absolute Gasteiger partial charge is 0.216 e. The minimum Gasteiger partial charge on any atom is -0.493 e. The van der Waals surface area contributed by atoms with E-state index in [4.69, 9.17) is 17.0 Å². The zero-order chi connectivity index (χ0) is 16.9. The van der Waals surface area contributed by atoms with Crippen LogP contribution in [0.25, 0.3) is 11.4 Å². The number of nitrogens with one attached hydrogen (secondary N) is 1. The molecule has 1 heterocycles. The summed E-state index contributed by atoms with van der Waals surface area (Å²) in [4.78, 5) is 0. The van der Waals surface area contributed by atoms with Crippen molar-refractivity contribution in [3.05, 3.63) is 64.4 Å². The lowest BCUT2D eigenvalue weighted by Crippen LogP contribution is -1.99. The first-order valence-electron chi connectivity index (χ1n) is 7.70. The fourth-order valence-electron chi connectivity index (χ4n) is 2.39. The molecular formula is C18H18N4OS. The van der Waals surface area contributed by atoms with Gasteiger partial charge in [0.25, 0.3) is 0 Å². The van der Waals surface area contributed by atoms with Gasteiger partial charge in [-0.05, 0) is 43.8 Å². The zero-order valence-corrected chi connectivity index (χ0v) is 14.4. The van der Waals surface area contributed by atoms with Gasteiger partial charge in [-0.1, -0.05) is 36.4 Å². The van der Waals surface area contributed by atoms with E-state index in [1.54, 1.807) is 10.9 Å². The second-order valence-electron chi connectivity index (χ2n) is 5.19. The van der Waals surface area contributed by atoms with Gasteiger partial charge in [-0.2, -0.15) is 14.9 Å². The van der Waals surface area contributed by atoms with Gasteiger partial charge in [0.15, 0.2) is 5.82 Å². The predicted molar refractivity (Wildman–Crippen MR) is 98.2 cm³/mol. The van der Waals surface area contributed by atoms with Gasteiger partial charge in [0, 0.05) is 11.1 Å². The first kappa shape index (κ1) is 16.1. The van der Waals surface area contributed by atoms with E-state index in [0.717, 1.165) is 22.4 Å². The molecule has 0 amide bonds. The Morgan fingerprint density at radius 2 is 1.96 bits per heavy atom. The van der Waals surface area contributed by atoms with Crippen LogP contribution in [0.3, 0.4) is 0 Å². The number of rotatable bonds is 5. The second-order valence-corrected chi connectivity index (χ2v) is 5.58. The van der Waals surface area contributed by atoms with Crippen molar-refractivity contribution in [3.8, 4) is 17.1 Å². The largest absolute Gasteiger partial charge is 0.493 e. The van der Waals surface area contributed by atoms with Crippen LogP contribution in [-0.2, 0) is 0 Å². The molecule has 0 atom stereocenters. The van der Waals surface area contributed by atoms with E-state index in [2.05, 4.69) is 15.3 Å². The van der Waals surface area contributed by atoms with Crippen LogP contribution < -0.4 is 4.74 Å². The van der Waals surface area contributed by atoms with E-state index in [-0.39, 0.29) is 0 Å². The maximum absolute atomic E-state index is 5.62. The molecule has 0 aliphatic carbocycles. The van der Waals surface area contributed by atoms with Crippen LogP contribution in [-0.4, -0.2) is 27.7 Å². The number of aromatic nitrogens is 3. The zero-order valence-electron chi connectivity index (χ0n) is 13.6. The number of para-hydroxylation sites is 1. The summed E-state index contributed by atoms with van der Waals surface area (Å²) in [6, 6.07) is 15.7. The molecule has 5 nitrogen and oxygen atoms in total. The quantitative estimate of drug-likeness (QED) is 0.560. The van der Waals surface area contributed by atoms with E-state index >= 15 is 0 Å². The molecule has 0 bridgehead atoms. The van der Waals surface area contributed by atoms with Crippen molar-refractivity contribution in [2.75, 3.05) is 6.61 Å². The van der Waals surface area contributed by atoms with Crippen LogP contribution in [0, 0.1) is 11.7 Å². The molecular weight excluding hydrogens is 320 g/mol. The molecule has 0 fully saturated rings. The molecule has 1 N–H and O–H groups in total. The summed E-state index contributed by atoms with van der Waals surface area (Å²) in [7, 11) is 0. The third-order valence-electron chi connectivity index (χ3n) is 3.57. The highest BCUT2D eigenvalue weighted by molar-refractivity contribution is 7.71. The van der Waals surface area contributed by atoms with Crippen molar-refractivity contribution in [2.45, 2.75) is 13.8 Å². The number of benzene rings is 2. The standard InChI is InChI=1S/C18H18N4OS/c1-3-23-16-11-7-5-9-14(16)12-19-22-17(20-21-18(22)24)15-10-6-4-8-13(15)2/h4-12H,3H2,1-2H3,(H,21,24)/b19-12+. The predicted octanol–water partition coefficient (Wildman–Crippen LogP) is 4.20. The first-order valence-corrected chi connectivity index (χ1v) is 8.11. The van der Waals surface area contributed by atoms with Crippen LogP contribution in [0.15, 0.2) is 53.6 Å². The number of aromatic amines is 1. The second kappa shape index (κ2) is 7.23. The Morgan fingerprint density at radius 3 is 2.75 bits per heavy atom. The van der Waals surface area contributed by atoms with Crippen molar-refractivity contribution >= 4 is 18.4 Å². The molecule has 0 radical (unpaired) electrons. The topological polar surface area (TPSA) is 55.2 Å². The van der Waals surface area contributed by atoms with Gasteiger partial charge in [0.1, 0.15) is 5.75 Å². The Kier molecular flexibility index (Phi) is 4.86. The maximum Gasteiger partial charge on any atom is 0.216 e. The summed E-state index contributed by atoms with van der Waals surface area (Å²) >= 11 is 5.32. The molecule has 6 heteroatoms. The van der Waals surface area contributed by atoms with Gasteiger partial charge in [-0.15, -0.1) is 0 Å². The highest BCUT2D eigenvalue weighted by atomic mass is 32.1. The molecule has 0 spiro atoms. The van der Waals surface area contributed by atoms with Crippen LogP contribution >= 0.6 is 12.2 Å². The minimum absolute atomic E-state index is 0.443. The van der Waals surface area contributed by atoms with Crippen molar-refractivity contribution in [2.24, 2.45) is 5.10 Å². The number of H-pyrrole nitrogens is 1. The van der Waals surface area contributed by atoms with E-state index < -0.39 is 0 Å². The normalized spacial score (nSPS) is 11.1. The Labute approximate surface area is 145 Å². The molecule has 3 rings (SSSR count). The molecule has 0 unspecified atom stereocenters. The third kappa shape index (κ3) is 3.28. The maximum atomic E-state index is 5.62. The Hall–Kier alpha value is -2.73. The fraction of sp³-hybridized carbons (Fsp3) is 0.167. The van der Waals surface area contributed by atoms with Crippen LogP contribution in [0.2, 0.25) is 0 Å². The third-order valence-corrected chi connectivity index (χ3v) is 3.83. The summed E-state index contributed by atoms with van der Waals surface area (Å²) in [5.74, 6) is 1.47. The Bertz CT molecular complexity index is 927. The van der Waals surface area contributed by atoms with Crippen molar-refractivity contribution in [1.29, 1.82) is 0 Å². The Morgan fingerprint density at radius 1 is 1.21 bits per heavy atom. The molecule has 122 valence electrons. The van der Waals surface area contributed by atoms with Crippen molar-refractivity contribution in [1.82, 2.24) is 14.9 Å². The van der Waals surface area contributed by atoms with Crippen LogP contribution in [0.1, 0.15) is 18.1 Å². The monoisotopic (exact) mass is 338 g/mol. The highest BCUT2D eigenvalue weighted by Gasteiger charge is 2.10. The van der Waals surface area contributed by atoms with Crippen LogP contribution in [0.4, 0.5) is 0 Å². The molecule has 0 saturated heterocycles. The molecule has 0 aliphatic heterocycles. The van der Waals surface area contributed by atoms with Crippen molar-refractivity contribution < 1.29 is 4.74 Å². The van der Waals surface area contributed by atoms with E-state index in [1.165, 1.54) is 0 Å². The summed E-state index contributed by atoms with van der Waals surface area (Å²) in [6.07, 6.45) is 1.73. The molecule has 0 saturated carbocycles. The summed E-state index contributed by atoms with van der Waals surface area (Å²) in [5.41, 5.74) is 2.98. The molecule has 2 aromatic carbocycles. The van der Waals surface area contributed by atoms with Crippen LogP contribution in [0.5, 0.6) is 5.75 Å². The average Bonchev–Trinajstić information content (AvgIpc) is 2.95. The minimum atomic E-state index is 0.443. The lowest BCUT2D eigenvalue weighted by Gasteiger charge is -2.07. The highest BCUT2D eigenvalue weighted by Crippen LogP contribution is 2.21. The van der Waals surface area contributed by atoms with Gasteiger partial charge < -0.3 is 4.74 Å². The number of hydrogen-bond donors (Lipinski definition) is 1. The number of ether oxygens (including phenoxy) is 1. The first-order chi connectivity index (χ1) is 11.7. The number of aryl methyl sites for hydroxylation is 1. The summed E-state index contributed by atoms with van der Waals surface area (Å²) in [6.45, 7) is 4.59. The van der Waals surface area contributed by atoms with Gasteiger partial charge in [-0.25, -0.2) is 5.10 Å². The van der Waals surface area contributed by atoms with Gasteiger partial charge >= 0.3 is 0 Å². The summed E-state index contributed by atoms with van der Waals surface area (Å²) < 4.78 is 7.69. The number of nitrogens with zero attached hydrogens (tertiary/aromatic N) is 3. The number of hydrogen-bond acceptors (Lipinski definition) is 4. The van der Waals surface area contributed by atoms with Gasteiger partial charge in [0.2, 0.25) is 4.77 Å². The van der Waals surface area contributed by atoms with Gasteiger partial charge in [0.05, 0.1) is 12.8 Å².